The minimum Gasteiger partial charge on any atom is -0.308 e. The van der Waals surface area contributed by atoms with Gasteiger partial charge in [0, 0.05) is 36.8 Å². The van der Waals surface area contributed by atoms with Crippen LogP contribution in [0.25, 0.3) is 0 Å². The first-order valence-corrected chi connectivity index (χ1v) is 7.23. The van der Waals surface area contributed by atoms with E-state index in [-0.39, 0.29) is 5.54 Å². The van der Waals surface area contributed by atoms with E-state index in [1.807, 2.05) is 11.7 Å². The van der Waals surface area contributed by atoms with Gasteiger partial charge in [-0.15, -0.1) is 0 Å². The van der Waals surface area contributed by atoms with Crippen molar-refractivity contribution in [1.82, 2.24) is 15.1 Å². The maximum atomic E-state index is 4.71. The van der Waals surface area contributed by atoms with Gasteiger partial charge >= 0.3 is 0 Å². The number of aromatic nitrogens is 2. The first kappa shape index (κ1) is 13.6. The summed E-state index contributed by atoms with van der Waals surface area (Å²) in [5.41, 5.74) is 2.90. The fourth-order valence-corrected chi connectivity index (χ4v) is 2.77. The minimum absolute atomic E-state index is 0.166. The van der Waals surface area contributed by atoms with Crippen molar-refractivity contribution in [3.63, 3.8) is 0 Å². The van der Waals surface area contributed by atoms with Gasteiger partial charge in [-0.25, -0.2) is 0 Å². The largest absolute Gasteiger partial charge is 0.308 e. The Morgan fingerprint density at radius 1 is 1.28 bits per heavy atom. The van der Waals surface area contributed by atoms with Gasteiger partial charge in [-0.2, -0.15) is 5.10 Å². The van der Waals surface area contributed by atoms with Gasteiger partial charge in [0.15, 0.2) is 0 Å². The molecule has 1 heterocycles. The van der Waals surface area contributed by atoms with Gasteiger partial charge in [-0.1, -0.05) is 19.3 Å². The Kier molecular flexibility index (Phi) is 4.10. The fourth-order valence-electron chi connectivity index (χ4n) is 2.77. The summed E-state index contributed by atoms with van der Waals surface area (Å²) in [6, 6.07) is 0. The van der Waals surface area contributed by atoms with Crippen molar-refractivity contribution >= 4 is 0 Å². The Morgan fingerprint density at radius 2 is 1.94 bits per heavy atom. The molecule has 0 amide bonds. The van der Waals surface area contributed by atoms with Crippen LogP contribution in [-0.2, 0) is 13.6 Å². The van der Waals surface area contributed by atoms with Crippen LogP contribution < -0.4 is 5.32 Å². The van der Waals surface area contributed by atoms with Crippen molar-refractivity contribution < 1.29 is 0 Å². The van der Waals surface area contributed by atoms with Gasteiger partial charge in [-0.3, -0.25) is 4.68 Å². The number of hydrogen-bond donors (Lipinski definition) is 1. The van der Waals surface area contributed by atoms with Crippen molar-refractivity contribution in [3.8, 4) is 0 Å². The molecule has 2 rings (SSSR count). The Bertz CT molecular complexity index is 381. The molecule has 1 N–H and O–H groups in total. The molecule has 1 aromatic heterocycles. The number of nitrogens with zero attached hydrogens (tertiary/aromatic N) is 2. The maximum absolute atomic E-state index is 4.71. The molecule has 1 aliphatic rings. The average molecular weight is 249 g/mol. The highest BCUT2D eigenvalue weighted by molar-refractivity contribution is 5.21. The molecule has 0 unspecified atom stereocenters. The normalized spacial score (nSPS) is 18.2. The predicted octanol–water partition coefficient (Wildman–Crippen LogP) is 3.36. The summed E-state index contributed by atoms with van der Waals surface area (Å²) in [5, 5.41) is 8.29. The summed E-state index contributed by atoms with van der Waals surface area (Å²) in [5.74, 6) is 0.691. The van der Waals surface area contributed by atoms with Crippen molar-refractivity contribution in [2.24, 2.45) is 7.05 Å². The average Bonchev–Trinajstić information content (AvgIpc) is 2.68. The molecule has 0 saturated heterocycles. The highest BCUT2D eigenvalue weighted by Gasteiger charge is 2.22. The first-order chi connectivity index (χ1) is 8.46. The molecule has 1 saturated carbocycles. The molecule has 0 aromatic carbocycles. The number of aryl methyl sites for hydroxylation is 1. The second-order valence-corrected chi connectivity index (χ2v) is 6.65. The summed E-state index contributed by atoms with van der Waals surface area (Å²) in [6.45, 7) is 7.57. The highest BCUT2D eigenvalue weighted by atomic mass is 15.3. The van der Waals surface area contributed by atoms with Crippen molar-refractivity contribution in [2.45, 2.75) is 70.9 Å². The third-order valence-electron chi connectivity index (χ3n) is 3.74. The molecule has 3 heteroatoms. The second-order valence-electron chi connectivity index (χ2n) is 6.65. The van der Waals surface area contributed by atoms with E-state index in [0.717, 1.165) is 6.54 Å². The smallest absolute Gasteiger partial charge is 0.0700 e. The zero-order valence-electron chi connectivity index (χ0n) is 12.3. The van der Waals surface area contributed by atoms with Crippen LogP contribution in [0.5, 0.6) is 0 Å². The molecule has 0 aliphatic heterocycles. The van der Waals surface area contributed by atoms with Crippen molar-refractivity contribution in [1.29, 1.82) is 0 Å². The molecule has 102 valence electrons. The molecular formula is C15H27N3. The molecular weight excluding hydrogens is 222 g/mol. The van der Waals surface area contributed by atoms with Crippen LogP contribution in [0, 0.1) is 0 Å². The van der Waals surface area contributed by atoms with Crippen molar-refractivity contribution in [2.75, 3.05) is 0 Å². The molecule has 0 spiro atoms. The van der Waals surface area contributed by atoms with E-state index in [2.05, 4.69) is 32.3 Å². The highest BCUT2D eigenvalue weighted by Crippen LogP contribution is 2.33. The zero-order chi connectivity index (χ0) is 13.2. The summed E-state index contributed by atoms with van der Waals surface area (Å²) in [7, 11) is 2.03. The van der Waals surface area contributed by atoms with E-state index < -0.39 is 0 Å². The van der Waals surface area contributed by atoms with E-state index in [1.165, 1.54) is 43.4 Å². The monoisotopic (exact) mass is 249 g/mol. The van der Waals surface area contributed by atoms with Crippen LogP contribution in [-0.4, -0.2) is 15.3 Å². The number of rotatable bonds is 3. The molecule has 18 heavy (non-hydrogen) atoms. The third-order valence-corrected chi connectivity index (χ3v) is 3.74. The van der Waals surface area contributed by atoms with Gasteiger partial charge in [-0.05, 0) is 33.6 Å². The van der Waals surface area contributed by atoms with Crippen LogP contribution in [0.4, 0.5) is 0 Å². The van der Waals surface area contributed by atoms with Gasteiger partial charge < -0.3 is 5.32 Å². The predicted molar refractivity (Wildman–Crippen MR) is 75.6 cm³/mol. The summed E-state index contributed by atoms with van der Waals surface area (Å²) in [4.78, 5) is 0. The van der Waals surface area contributed by atoms with Crippen LogP contribution >= 0.6 is 0 Å². The van der Waals surface area contributed by atoms with Gasteiger partial charge in [0.25, 0.3) is 0 Å². The van der Waals surface area contributed by atoms with Crippen molar-refractivity contribution in [3.05, 3.63) is 17.5 Å². The lowest BCUT2D eigenvalue weighted by atomic mass is 9.85. The number of hydrogen-bond acceptors (Lipinski definition) is 2. The Labute approximate surface area is 111 Å². The SMILES string of the molecule is Cn1cc(CNC(C)(C)C)c(C2CCCCC2)n1. The lowest BCUT2D eigenvalue weighted by Crippen LogP contribution is -2.35. The zero-order valence-corrected chi connectivity index (χ0v) is 12.3. The van der Waals surface area contributed by atoms with Crippen LogP contribution in [0.3, 0.4) is 0 Å². The lowest BCUT2D eigenvalue weighted by molar-refractivity contribution is 0.412. The molecule has 0 radical (unpaired) electrons. The van der Waals surface area contributed by atoms with Gasteiger partial charge in [0.05, 0.1) is 5.69 Å². The summed E-state index contributed by atoms with van der Waals surface area (Å²) < 4.78 is 1.98. The maximum Gasteiger partial charge on any atom is 0.0700 e. The quantitative estimate of drug-likeness (QED) is 0.890. The molecule has 0 atom stereocenters. The fraction of sp³-hybridized carbons (Fsp3) is 0.800. The van der Waals surface area contributed by atoms with E-state index in [0.29, 0.717) is 5.92 Å². The van der Waals surface area contributed by atoms with Gasteiger partial charge in [0.2, 0.25) is 0 Å². The topological polar surface area (TPSA) is 29.9 Å². The molecule has 0 bridgehead atoms. The minimum atomic E-state index is 0.166. The van der Waals surface area contributed by atoms with Crippen LogP contribution in [0.2, 0.25) is 0 Å². The third kappa shape index (κ3) is 3.58. The molecule has 1 aliphatic carbocycles. The van der Waals surface area contributed by atoms with E-state index in [1.54, 1.807) is 0 Å². The molecule has 1 fully saturated rings. The van der Waals surface area contributed by atoms with Gasteiger partial charge in [0.1, 0.15) is 0 Å². The van der Waals surface area contributed by atoms with Crippen LogP contribution in [0.15, 0.2) is 6.20 Å². The van der Waals surface area contributed by atoms with E-state index in [4.69, 9.17) is 5.10 Å². The molecule has 3 nitrogen and oxygen atoms in total. The van der Waals surface area contributed by atoms with Crippen LogP contribution in [0.1, 0.15) is 70.1 Å². The Balaban J connectivity index is 2.09. The lowest BCUT2D eigenvalue weighted by Gasteiger charge is -2.23. The molecule has 1 aromatic rings. The summed E-state index contributed by atoms with van der Waals surface area (Å²) in [6.07, 6.45) is 8.96. The second kappa shape index (κ2) is 5.43. The Hall–Kier alpha value is -0.830. The van der Waals surface area contributed by atoms with E-state index >= 15 is 0 Å². The first-order valence-electron chi connectivity index (χ1n) is 7.23. The number of nitrogens with one attached hydrogen (secondary N) is 1. The summed E-state index contributed by atoms with van der Waals surface area (Å²) >= 11 is 0. The van der Waals surface area contributed by atoms with E-state index in [9.17, 15) is 0 Å². The Morgan fingerprint density at radius 3 is 2.56 bits per heavy atom. The standard InChI is InChI=1S/C15H27N3/c1-15(2,3)16-10-13-11-18(4)17-14(13)12-8-6-5-7-9-12/h11-12,16H,5-10H2,1-4H3.